The predicted molar refractivity (Wildman–Crippen MR) is 82.0 cm³/mol. The van der Waals surface area contributed by atoms with Crippen LogP contribution in [-0.4, -0.2) is 24.3 Å². The van der Waals surface area contributed by atoms with E-state index in [-0.39, 0.29) is 12.1 Å². The number of fused-ring (bicyclic) bond motifs is 3. The molecule has 0 unspecified atom stereocenters. The van der Waals surface area contributed by atoms with Crippen LogP contribution in [0, 0.1) is 11.8 Å². The van der Waals surface area contributed by atoms with Crippen LogP contribution in [0.4, 0.5) is 0 Å². The zero-order chi connectivity index (χ0) is 14.7. The van der Waals surface area contributed by atoms with Crippen LogP contribution in [0.15, 0.2) is 0 Å². The lowest BCUT2D eigenvalue weighted by molar-refractivity contribution is -0.154. The van der Waals surface area contributed by atoms with Gasteiger partial charge in [-0.25, -0.2) is 0 Å². The molecule has 0 amide bonds. The molecule has 0 aromatic carbocycles. The van der Waals surface area contributed by atoms with Gasteiger partial charge in [0.25, 0.3) is 0 Å². The Kier molecular flexibility index (Phi) is 5.20. The molecular weight excluding hydrogens is 264 g/mol. The highest BCUT2D eigenvalue weighted by atomic mass is 16.6. The fourth-order valence-corrected chi connectivity index (χ4v) is 4.45. The quantitative estimate of drug-likeness (QED) is 0.536. The second-order valence-corrected chi connectivity index (χ2v) is 7.15. The molecule has 5 atom stereocenters. The van der Waals surface area contributed by atoms with Gasteiger partial charge in [-0.2, -0.15) is 0 Å². The van der Waals surface area contributed by atoms with E-state index in [9.17, 15) is 4.79 Å². The molecule has 0 aromatic rings. The Morgan fingerprint density at radius 1 is 1.00 bits per heavy atom. The molecule has 2 saturated heterocycles. The maximum atomic E-state index is 12.1. The van der Waals surface area contributed by atoms with Gasteiger partial charge in [-0.05, 0) is 31.6 Å². The van der Waals surface area contributed by atoms with Gasteiger partial charge in [-0.15, -0.1) is 0 Å². The van der Waals surface area contributed by atoms with Crippen molar-refractivity contribution in [1.29, 1.82) is 0 Å². The van der Waals surface area contributed by atoms with E-state index in [2.05, 4.69) is 6.92 Å². The lowest BCUT2D eigenvalue weighted by atomic mass is 9.84. The zero-order valence-electron chi connectivity index (χ0n) is 13.4. The standard InChI is InChI=1S/C18H30O3/c1-2-15-14-12-16-18(21-16)13(14)10-8-6-4-3-5-7-9-11-17(19)20-15/h13-16,18H,2-12H2,1H3/t13-,14+,15-,16-,18+/m0/s1. The molecule has 0 aromatic heterocycles. The van der Waals surface area contributed by atoms with Gasteiger partial charge in [0.15, 0.2) is 0 Å². The molecule has 3 nitrogen and oxygen atoms in total. The Morgan fingerprint density at radius 2 is 1.71 bits per heavy atom. The van der Waals surface area contributed by atoms with Gasteiger partial charge in [0, 0.05) is 12.3 Å². The molecule has 21 heavy (non-hydrogen) atoms. The second-order valence-electron chi connectivity index (χ2n) is 7.15. The summed E-state index contributed by atoms with van der Waals surface area (Å²) in [5.74, 6) is 1.21. The van der Waals surface area contributed by atoms with E-state index in [0.29, 0.717) is 30.5 Å². The summed E-state index contributed by atoms with van der Waals surface area (Å²) in [5, 5.41) is 0. The molecule has 3 aliphatic rings. The van der Waals surface area contributed by atoms with Crippen molar-refractivity contribution in [3.05, 3.63) is 0 Å². The van der Waals surface area contributed by atoms with Crippen molar-refractivity contribution in [2.75, 3.05) is 0 Å². The highest BCUT2D eigenvalue weighted by Gasteiger charge is 2.57. The van der Waals surface area contributed by atoms with E-state index in [4.69, 9.17) is 9.47 Å². The van der Waals surface area contributed by atoms with Gasteiger partial charge in [0.2, 0.25) is 0 Å². The lowest BCUT2D eigenvalue weighted by Crippen LogP contribution is -2.31. The number of esters is 1. The first-order valence-electron chi connectivity index (χ1n) is 9.14. The summed E-state index contributed by atoms with van der Waals surface area (Å²) in [6, 6.07) is 0. The summed E-state index contributed by atoms with van der Waals surface area (Å²) >= 11 is 0. The van der Waals surface area contributed by atoms with Crippen LogP contribution < -0.4 is 0 Å². The van der Waals surface area contributed by atoms with Crippen molar-refractivity contribution < 1.29 is 14.3 Å². The van der Waals surface area contributed by atoms with Gasteiger partial charge in [0.05, 0.1) is 12.2 Å². The molecule has 3 rings (SSSR count). The van der Waals surface area contributed by atoms with Crippen molar-refractivity contribution >= 4 is 5.97 Å². The largest absolute Gasteiger partial charge is 0.462 e. The Hall–Kier alpha value is -0.570. The normalized spacial score (nSPS) is 41.6. The van der Waals surface area contributed by atoms with Crippen LogP contribution in [0.3, 0.4) is 0 Å². The molecule has 1 aliphatic carbocycles. The molecule has 2 heterocycles. The molecule has 1 saturated carbocycles. The first-order valence-corrected chi connectivity index (χ1v) is 9.14. The first kappa shape index (κ1) is 15.3. The molecule has 0 bridgehead atoms. The van der Waals surface area contributed by atoms with Crippen molar-refractivity contribution in [2.24, 2.45) is 11.8 Å². The van der Waals surface area contributed by atoms with Crippen molar-refractivity contribution in [3.63, 3.8) is 0 Å². The van der Waals surface area contributed by atoms with Crippen LogP contribution in [0.25, 0.3) is 0 Å². The van der Waals surface area contributed by atoms with Crippen LogP contribution in [0.2, 0.25) is 0 Å². The lowest BCUT2D eigenvalue weighted by Gasteiger charge is -2.29. The molecular formula is C18H30O3. The third-order valence-corrected chi connectivity index (χ3v) is 5.68. The van der Waals surface area contributed by atoms with Crippen molar-refractivity contribution in [1.82, 2.24) is 0 Å². The minimum atomic E-state index is 0.0270. The molecule has 2 aliphatic heterocycles. The third-order valence-electron chi connectivity index (χ3n) is 5.68. The van der Waals surface area contributed by atoms with Gasteiger partial charge in [-0.1, -0.05) is 45.4 Å². The predicted octanol–water partition coefficient (Wildman–Crippen LogP) is 4.24. The van der Waals surface area contributed by atoms with E-state index in [1.54, 1.807) is 0 Å². The van der Waals surface area contributed by atoms with Crippen LogP contribution >= 0.6 is 0 Å². The fourth-order valence-electron chi connectivity index (χ4n) is 4.45. The molecule has 0 N–H and O–H groups in total. The second kappa shape index (κ2) is 7.13. The number of epoxide rings is 1. The van der Waals surface area contributed by atoms with E-state index in [0.717, 1.165) is 19.3 Å². The van der Waals surface area contributed by atoms with E-state index in [1.165, 1.54) is 44.9 Å². The third kappa shape index (κ3) is 3.80. The molecule has 3 fully saturated rings. The highest BCUT2D eigenvalue weighted by molar-refractivity contribution is 5.69. The number of rotatable bonds is 1. The Morgan fingerprint density at radius 3 is 2.48 bits per heavy atom. The highest BCUT2D eigenvalue weighted by Crippen LogP contribution is 2.51. The SMILES string of the molecule is CC[C@@H]1OC(=O)CCCCCCCCC[C@H]2[C@H]1C[C@@H]1O[C@H]21. The Bertz CT molecular complexity index is 354. The van der Waals surface area contributed by atoms with Crippen LogP contribution in [-0.2, 0) is 14.3 Å². The van der Waals surface area contributed by atoms with Gasteiger partial charge >= 0.3 is 5.97 Å². The van der Waals surface area contributed by atoms with Gasteiger partial charge in [-0.3, -0.25) is 4.79 Å². The van der Waals surface area contributed by atoms with Crippen LogP contribution in [0.5, 0.6) is 0 Å². The minimum absolute atomic E-state index is 0.0270. The van der Waals surface area contributed by atoms with E-state index < -0.39 is 0 Å². The summed E-state index contributed by atoms with van der Waals surface area (Å²) in [6.45, 7) is 2.16. The summed E-state index contributed by atoms with van der Waals surface area (Å²) in [7, 11) is 0. The fraction of sp³-hybridized carbons (Fsp3) is 0.944. The van der Waals surface area contributed by atoms with Gasteiger partial charge in [0.1, 0.15) is 6.10 Å². The number of hydrogen-bond donors (Lipinski definition) is 0. The van der Waals surface area contributed by atoms with Crippen molar-refractivity contribution in [2.45, 2.75) is 95.9 Å². The maximum absolute atomic E-state index is 12.1. The summed E-state index contributed by atoms with van der Waals surface area (Å²) in [6.07, 6.45) is 13.8. The van der Waals surface area contributed by atoms with E-state index in [1.807, 2.05) is 0 Å². The zero-order valence-corrected chi connectivity index (χ0v) is 13.4. The molecule has 0 spiro atoms. The number of carbonyl (C=O) groups excluding carboxylic acids is 1. The number of cyclic esters (lactones) is 1. The summed E-state index contributed by atoms with van der Waals surface area (Å²) in [5.41, 5.74) is 0. The average Bonchev–Trinajstić information content (AvgIpc) is 3.16. The molecule has 0 radical (unpaired) electrons. The average molecular weight is 294 g/mol. The Balaban J connectivity index is 1.63. The Labute approximate surface area is 128 Å². The van der Waals surface area contributed by atoms with E-state index >= 15 is 0 Å². The molecule has 3 heteroatoms. The maximum Gasteiger partial charge on any atom is 0.306 e. The van der Waals surface area contributed by atoms with Crippen molar-refractivity contribution in [3.8, 4) is 0 Å². The molecule has 120 valence electrons. The summed E-state index contributed by atoms with van der Waals surface area (Å²) in [4.78, 5) is 12.1. The van der Waals surface area contributed by atoms with Crippen LogP contribution in [0.1, 0.15) is 77.6 Å². The number of hydrogen-bond acceptors (Lipinski definition) is 3. The minimum Gasteiger partial charge on any atom is -0.462 e. The smallest absolute Gasteiger partial charge is 0.306 e. The van der Waals surface area contributed by atoms with Gasteiger partial charge < -0.3 is 9.47 Å². The monoisotopic (exact) mass is 294 g/mol. The number of carbonyl (C=O) groups is 1. The summed E-state index contributed by atoms with van der Waals surface area (Å²) < 4.78 is 11.6. The number of ether oxygens (including phenoxy) is 2. The first-order chi connectivity index (χ1) is 10.3. The topological polar surface area (TPSA) is 38.8 Å².